The summed E-state index contributed by atoms with van der Waals surface area (Å²) < 4.78 is 5.29. The molecule has 3 N–H and O–H groups in total. The molecule has 3 nitrogen and oxygen atoms in total. The van der Waals surface area contributed by atoms with Gasteiger partial charge >= 0.3 is 0 Å². The highest BCUT2D eigenvalue weighted by atomic mass is 16.5. The van der Waals surface area contributed by atoms with Gasteiger partial charge in [0.25, 0.3) is 0 Å². The lowest BCUT2D eigenvalue weighted by Gasteiger charge is -2.28. The Hall–Kier alpha value is -0.120. The zero-order valence-electron chi connectivity index (χ0n) is 6.47. The minimum Gasteiger partial charge on any atom is -0.379 e. The fraction of sp³-hybridized carbons (Fsp3) is 1.00. The predicted molar refractivity (Wildman–Crippen MR) is 40.8 cm³/mol. The number of hydrogen-bond donors (Lipinski definition) is 2. The number of nitrogens with one attached hydrogen (secondary N) is 1. The molecule has 0 aromatic rings. The molecule has 0 saturated carbocycles. The van der Waals surface area contributed by atoms with Crippen LogP contribution in [0.25, 0.3) is 0 Å². The molecule has 1 heterocycles. The maximum Gasteiger partial charge on any atom is 0.0623 e. The Morgan fingerprint density at radius 3 is 3.10 bits per heavy atom. The van der Waals surface area contributed by atoms with E-state index in [0.717, 1.165) is 26.3 Å². The van der Waals surface area contributed by atoms with Crippen LogP contribution in [0, 0.1) is 5.92 Å². The van der Waals surface area contributed by atoms with E-state index in [1.165, 1.54) is 0 Å². The van der Waals surface area contributed by atoms with E-state index >= 15 is 0 Å². The van der Waals surface area contributed by atoms with Crippen LogP contribution in [-0.4, -0.2) is 32.3 Å². The van der Waals surface area contributed by atoms with Gasteiger partial charge in [-0.1, -0.05) is 6.92 Å². The molecule has 0 amide bonds. The summed E-state index contributed by atoms with van der Waals surface area (Å²) in [6, 6.07) is 0.471. The SMILES string of the molecule is CC(CN)C1COCCN1. The molecule has 1 saturated heterocycles. The third-order valence-electron chi connectivity index (χ3n) is 2.01. The first-order chi connectivity index (χ1) is 4.84. The summed E-state index contributed by atoms with van der Waals surface area (Å²) in [5, 5.41) is 3.36. The molecule has 0 radical (unpaired) electrons. The highest BCUT2D eigenvalue weighted by Crippen LogP contribution is 2.03. The molecule has 2 atom stereocenters. The quantitative estimate of drug-likeness (QED) is 0.553. The fourth-order valence-electron chi connectivity index (χ4n) is 1.12. The molecule has 0 bridgehead atoms. The van der Waals surface area contributed by atoms with Crippen LogP contribution < -0.4 is 11.1 Å². The highest BCUT2D eigenvalue weighted by molar-refractivity contribution is 4.75. The maximum atomic E-state index is 5.51. The van der Waals surface area contributed by atoms with Gasteiger partial charge in [0.15, 0.2) is 0 Å². The van der Waals surface area contributed by atoms with Crippen molar-refractivity contribution < 1.29 is 4.74 Å². The smallest absolute Gasteiger partial charge is 0.0623 e. The summed E-state index contributed by atoms with van der Waals surface area (Å²) in [5.74, 6) is 0.528. The first-order valence-electron chi connectivity index (χ1n) is 3.86. The Bertz CT molecular complexity index is 91.6. The molecule has 2 unspecified atom stereocenters. The third-order valence-corrected chi connectivity index (χ3v) is 2.01. The van der Waals surface area contributed by atoms with Crippen molar-refractivity contribution in [3.63, 3.8) is 0 Å². The highest BCUT2D eigenvalue weighted by Gasteiger charge is 2.17. The molecule has 3 heteroatoms. The van der Waals surface area contributed by atoms with E-state index in [-0.39, 0.29) is 0 Å². The molecule has 1 rings (SSSR count). The van der Waals surface area contributed by atoms with E-state index < -0.39 is 0 Å². The Labute approximate surface area is 61.9 Å². The van der Waals surface area contributed by atoms with Crippen LogP contribution in [0.15, 0.2) is 0 Å². The van der Waals surface area contributed by atoms with Crippen LogP contribution in [0.2, 0.25) is 0 Å². The fourth-order valence-corrected chi connectivity index (χ4v) is 1.12. The molecule has 1 aliphatic heterocycles. The van der Waals surface area contributed by atoms with Gasteiger partial charge in [-0.15, -0.1) is 0 Å². The number of morpholine rings is 1. The van der Waals surface area contributed by atoms with Gasteiger partial charge in [0, 0.05) is 12.6 Å². The van der Waals surface area contributed by atoms with Gasteiger partial charge in [-0.3, -0.25) is 0 Å². The van der Waals surface area contributed by atoms with Crippen LogP contribution in [0.3, 0.4) is 0 Å². The number of nitrogens with two attached hydrogens (primary N) is 1. The molecule has 10 heavy (non-hydrogen) atoms. The van der Waals surface area contributed by atoms with Crippen LogP contribution in [-0.2, 0) is 4.74 Å². The van der Waals surface area contributed by atoms with E-state index in [0.29, 0.717) is 12.0 Å². The van der Waals surface area contributed by atoms with Gasteiger partial charge in [0.05, 0.1) is 13.2 Å². The number of rotatable bonds is 2. The lowest BCUT2D eigenvalue weighted by molar-refractivity contribution is 0.0608. The summed E-state index contributed by atoms with van der Waals surface area (Å²) in [4.78, 5) is 0. The van der Waals surface area contributed by atoms with Crippen molar-refractivity contribution in [1.29, 1.82) is 0 Å². The lowest BCUT2D eigenvalue weighted by atomic mass is 10.0. The average Bonchev–Trinajstić information content (AvgIpc) is 2.05. The van der Waals surface area contributed by atoms with Gasteiger partial charge in [-0.25, -0.2) is 0 Å². The van der Waals surface area contributed by atoms with Gasteiger partial charge in [0.2, 0.25) is 0 Å². The van der Waals surface area contributed by atoms with Crippen molar-refractivity contribution in [2.75, 3.05) is 26.3 Å². The van der Waals surface area contributed by atoms with Crippen LogP contribution >= 0.6 is 0 Å². The molecular formula is C7H16N2O. The summed E-state index contributed by atoms with van der Waals surface area (Å²) in [6.07, 6.45) is 0. The molecule has 0 aliphatic carbocycles. The molecule has 0 spiro atoms. The Balaban J connectivity index is 2.24. The largest absolute Gasteiger partial charge is 0.379 e. The van der Waals surface area contributed by atoms with Crippen molar-refractivity contribution in [3.8, 4) is 0 Å². The number of hydrogen-bond acceptors (Lipinski definition) is 3. The van der Waals surface area contributed by atoms with E-state index in [1.807, 2.05) is 0 Å². The summed E-state index contributed by atoms with van der Waals surface area (Å²) in [5.41, 5.74) is 5.51. The second-order valence-corrected chi connectivity index (χ2v) is 2.85. The van der Waals surface area contributed by atoms with Crippen molar-refractivity contribution in [1.82, 2.24) is 5.32 Å². The van der Waals surface area contributed by atoms with E-state index in [4.69, 9.17) is 10.5 Å². The summed E-state index contributed by atoms with van der Waals surface area (Å²) in [7, 11) is 0. The monoisotopic (exact) mass is 144 g/mol. The molecule has 60 valence electrons. The van der Waals surface area contributed by atoms with Crippen LogP contribution in [0.4, 0.5) is 0 Å². The second kappa shape index (κ2) is 3.91. The standard InChI is InChI=1S/C7H16N2O/c1-6(4-8)7-5-10-3-2-9-7/h6-7,9H,2-5,8H2,1H3. The van der Waals surface area contributed by atoms with Gasteiger partial charge in [-0.05, 0) is 12.5 Å². The minimum atomic E-state index is 0.471. The van der Waals surface area contributed by atoms with Crippen molar-refractivity contribution in [3.05, 3.63) is 0 Å². The maximum absolute atomic E-state index is 5.51. The minimum absolute atomic E-state index is 0.471. The Morgan fingerprint density at radius 1 is 1.80 bits per heavy atom. The van der Waals surface area contributed by atoms with E-state index in [2.05, 4.69) is 12.2 Å². The van der Waals surface area contributed by atoms with Gasteiger partial charge in [-0.2, -0.15) is 0 Å². The molecular weight excluding hydrogens is 128 g/mol. The van der Waals surface area contributed by atoms with Crippen molar-refractivity contribution in [2.24, 2.45) is 11.7 Å². The topological polar surface area (TPSA) is 47.3 Å². The van der Waals surface area contributed by atoms with Crippen LogP contribution in [0.1, 0.15) is 6.92 Å². The normalized spacial score (nSPS) is 30.0. The van der Waals surface area contributed by atoms with Crippen molar-refractivity contribution >= 4 is 0 Å². The predicted octanol–water partition coefficient (Wildman–Crippen LogP) is -0.430. The molecule has 0 aromatic heterocycles. The summed E-state index contributed by atoms with van der Waals surface area (Å²) >= 11 is 0. The Kier molecular flexibility index (Phi) is 3.12. The first-order valence-corrected chi connectivity index (χ1v) is 3.86. The number of ether oxygens (including phenoxy) is 1. The van der Waals surface area contributed by atoms with Gasteiger partial charge in [0.1, 0.15) is 0 Å². The lowest BCUT2D eigenvalue weighted by Crippen LogP contribution is -2.47. The average molecular weight is 144 g/mol. The van der Waals surface area contributed by atoms with Gasteiger partial charge < -0.3 is 15.8 Å². The van der Waals surface area contributed by atoms with Crippen LogP contribution in [0.5, 0.6) is 0 Å². The third kappa shape index (κ3) is 1.94. The second-order valence-electron chi connectivity index (χ2n) is 2.85. The molecule has 1 fully saturated rings. The molecule has 1 aliphatic rings. The zero-order chi connectivity index (χ0) is 7.40. The molecule has 0 aromatic carbocycles. The van der Waals surface area contributed by atoms with E-state index in [9.17, 15) is 0 Å². The zero-order valence-corrected chi connectivity index (χ0v) is 6.47. The van der Waals surface area contributed by atoms with E-state index in [1.54, 1.807) is 0 Å². The Morgan fingerprint density at radius 2 is 2.60 bits per heavy atom. The van der Waals surface area contributed by atoms with Crippen molar-refractivity contribution in [2.45, 2.75) is 13.0 Å². The first kappa shape index (κ1) is 7.98. The summed E-state index contributed by atoms with van der Waals surface area (Å²) in [6.45, 7) is 5.51.